The van der Waals surface area contributed by atoms with E-state index in [-0.39, 0.29) is 11.3 Å². The van der Waals surface area contributed by atoms with Crippen LogP contribution in [0.2, 0.25) is 0 Å². The van der Waals surface area contributed by atoms with Crippen molar-refractivity contribution in [3.63, 3.8) is 0 Å². The molecule has 8 heteroatoms. The summed E-state index contributed by atoms with van der Waals surface area (Å²) < 4.78 is 44.6. The van der Waals surface area contributed by atoms with Crippen molar-refractivity contribution in [1.82, 2.24) is 0 Å². The molecule has 1 rings (SSSR count). The first-order valence-corrected chi connectivity index (χ1v) is 5.39. The third kappa shape index (κ3) is 4.92. The number of rotatable bonds is 5. The second-order valence-electron chi connectivity index (χ2n) is 3.17. The summed E-state index contributed by atoms with van der Waals surface area (Å²) in [6, 6.07) is 4.01. The van der Waals surface area contributed by atoms with Gasteiger partial charge in [0, 0.05) is 4.47 Å². The van der Waals surface area contributed by atoms with Crippen LogP contribution in [0.1, 0.15) is 10.4 Å². The molecule has 0 amide bonds. The van der Waals surface area contributed by atoms with Crippen molar-refractivity contribution >= 4 is 21.9 Å². The number of hydrogen-bond donors (Lipinski definition) is 1. The van der Waals surface area contributed by atoms with Gasteiger partial charge in [0.15, 0.2) is 6.79 Å². The smallest absolute Gasteiger partial charge is 0.411 e. The minimum absolute atomic E-state index is 0.0525. The van der Waals surface area contributed by atoms with E-state index in [0.29, 0.717) is 4.47 Å². The SMILES string of the molecule is O=C(O)c1cc(OCOCC(F)(F)F)ccc1Br. The summed E-state index contributed by atoms with van der Waals surface area (Å²) in [6.45, 7) is -2.03. The number of alkyl halides is 3. The Morgan fingerprint density at radius 3 is 2.61 bits per heavy atom. The zero-order chi connectivity index (χ0) is 13.8. The Hall–Kier alpha value is -1.28. The number of halogens is 4. The minimum atomic E-state index is -4.42. The zero-order valence-electron chi connectivity index (χ0n) is 8.83. The molecule has 1 aromatic rings. The van der Waals surface area contributed by atoms with Crippen molar-refractivity contribution < 1.29 is 32.5 Å². The number of carboxylic acids is 1. The van der Waals surface area contributed by atoms with Crippen LogP contribution in [-0.4, -0.2) is 30.7 Å². The summed E-state index contributed by atoms with van der Waals surface area (Å²) >= 11 is 3.02. The van der Waals surface area contributed by atoms with E-state index < -0.39 is 25.5 Å². The van der Waals surface area contributed by atoms with E-state index in [4.69, 9.17) is 9.84 Å². The summed E-state index contributed by atoms with van der Waals surface area (Å²) in [5.41, 5.74) is -0.0525. The Labute approximate surface area is 108 Å². The van der Waals surface area contributed by atoms with Crippen molar-refractivity contribution in [2.24, 2.45) is 0 Å². The van der Waals surface area contributed by atoms with Crippen molar-refractivity contribution in [3.05, 3.63) is 28.2 Å². The van der Waals surface area contributed by atoms with Crippen LogP contribution >= 0.6 is 15.9 Å². The van der Waals surface area contributed by atoms with E-state index in [0.717, 1.165) is 0 Å². The van der Waals surface area contributed by atoms with Gasteiger partial charge in [0.25, 0.3) is 0 Å². The van der Waals surface area contributed by atoms with Crippen LogP contribution in [0.4, 0.5) is 13.2 Å². The average Bonchev–Trinajstić information content (AvgIpc) is 2.24. The monoisotopic (exact) mass is 328 g/mol. The lowest BCUT2D eigenvalue weighted by atomic mass is 10.2. The molecule has 0 aliphatic heterocycles. The van der Waals surface area contributed by atoms with E-state index in [2.05, 4.69) is 20.7 Å². The highest BCUT2D eigenvalue weighted by atomic mass is 79.9. The maximum atomic E-state index is 11.7. The molecule has 0 aliphatic carbocycles. The molecule has 18 heavy (non-hydrogen) atoms. The van der Waals surface area contributed by atoms with Gasteiger partial charge in [-0.1, -0.05) is 0 Å². The molecule has 4 nitrogen and oxygen atoms in total. The number of benzene rings is 1. The molecule has 0 saturated heterocycles. The molecule has 0 unspecified atom stereocenters. The highest BCUT2D eigenvalue weighted by Gasteiger charge is 2.27. The second-order valence-corrected chi connectivity index (χ2v) is 4.03. The van der Waals surface area contributed by atoms with Gasteiger partial charge in [-0.25, -0.2) is 4.79 Å². The van der Waals surface area contributed by atoms with Crippen LogP contribution in [-0.2, 0) is 4.74 Å². The summed E-state index contributed by atoms with van der Waals surface area (Å²) in [4.78, 5) is 10.8. The van der Waals surface area contributed by atoms with E-state index in [1.54, 1.807) is 0 Å². The van der Waals surface area contributed by atoms with Gasteiger partial charge in [0.05, 0.1) is 5.56 Å². The van der Waals surface area contributed by atoms with Crippen molar-refractivity contribution in [2.75, 3.05) is 13.4 Å². The molecular formula is C10H8BrF3O4. The van der Waals surface area contributed by atoms with Gasteiger partial charge in [-0.3, -0.25) is 0 Å². The lowest BCUT2D eigenvalue weighted by Crippen LogP contribution is -2.19. The normalized spacial score (nSPS) is 11.3. The number of ether oxygens (including phenoxy) is 2. The van der Waals surface area contributed by atoms with Gasteiger partial charge >= 0.3 is 12.1 Å². The molecule has 0 aromatic heterocycles. The van der Waals surface area contributed by atoms with Crippen LogP contribution in [0.3, 0.4) is 0 Å². The van der Waals surface area contributed by atoms with Gasteiger partial charge < -0.3 is 14.6 Å². The Bertz CT molecular complexity index is 434. The largest absolute Gasteiger partial charge is 0.478 e. The van der Waals surface area contributed by atoms with Crippen LogP contribution in [0.5, 0.6) is 5.75 Å². The fourth-order valence-corrected chi connectivity index (χ4v) is 1.44. The molecule has 1 N–H and O–H groups in total. The minimum Gasteiger partial charge on any atom is -0.478 e. The van der Waals surface area contributed by atoms with Crippen molar-refractivity contribution in [2.45, 2.75) is 6.18 Å². The maximum Gasteiger partial charge on any atom is 0.411 e. The summed E-state index contributed by atoms with van der Waals surface area (Å²) in [5.74, 6) is -1.07. The van der Waals surface area contributed by atoms with E-state index >= 15 is 0 Å². The number of hydrogen-bond acceptors (Lipinski definition) is 3. The topological polar surface area (TPSA) is 55.8 Å². The number of aromatic carboxylic acids is 1. The van der Waals surface area contributed by atoms with E-state index in [9.17, 15) is 18.0 Å². The van der Waals surface area contributed by atoms with Crippen LogP contribution in [0.15, 0.2) is 22.7 Å². The first-order chi connectivity index (χ1) is 8.29. The van der Waals surface area contributed by atoms with Crippen LogP contribution < -0.4 is 4.74 Å². The summed E-state index contributed by atoms with van der Waals surface area (Å²) in [7, 11) is 0. The van der Waals surface area contributed by atoms with Gasteiger partial charge in [-0.05, 0) is 34.1 Å². The highest BCUT2D eigenvalue weighted by Crippen LogP contribution is 2.23. The van der Waals surface area contributed by atoms with Gasteiger partial charge in [0.2, 0.25) is 0 Å². The van der Waals surface area contributed by atoms with Crippen LogP contribution in [0, 0.1) is 0 Å². The summed E-state index contributed by atoms with van der Waals surface area (Å²) in [5, 5.41) is 8.80. The predicted octanol–water partition coefficient (Wildman–Crippen LogP) is 3.06. The highest BCUT2D eigenvalue weighted by molar-refractivity contribution is 9.10. The lowest BCUT2D eigenvalue weighted by Gasteiger charge is -2.10. The molecule has 0 heterocycles. The quantitative estimate of drug-likeness (QED) is 0.666. The first kappa shape index (κ1) is 14.8. The van der Waals surface area contributed by atoms with Gasteiger partial charge in [-0.15, -0.1) is 0 Å². The first-order valence-electron chi connectivity index (χ1n) is 4.60. The second kappa shape index (κ2) is 6.05. The molecule has 0 saturated carbocycles. The summed E-state index contributed by atoms with van der Waals surface area (Å²) in [6.07, 6.45) is -4.42. The Morgan fingerprint density at radius 1 is 1.39 bits per heavy atom. The maximum absolute atomic E-state index is 11.7. The van der Waals surface area contributed by atoms with Gasteiger partial charge in [0.1, 0.15) is 12.4 Å². The predicted molar refractivity (Wildman–Crippen MR) is 58.6 cm³/mol. The Morgan fingerprint density at radius 2 is 2.06 bits per heavy atom. The lowest BCUT2D eigenvalue weighted by molar-refractivity contribution is -0.186. The standard InChI is InChI=1S/C10H8BrF3O4/c11-8-2-1-6(3-7(8)9(15)16)18-5-17-4-10(12,13)14/h1-3H,4-5H2,(H,15,16). The van der Waals surface area contributed by atoms with Crippen LogP contribution in [0.25, 0.3) is 0 Å². The molecular weight excluding hydrogens is 321 g/mol. The molecule has 0 radical (unpaired) electrons. The Kier molecular flexibility index (Phi) is 4.97. The molecule has 0 atom stereocenters. The fraction of sp³-hybridized carbons (Fsp3) is 0.300. The van der Waals surface area contributed by atoms with E-state index in [1.807, 2.05) is 0 Å². The molecule has 1 aromatic carbocycles. The third-order valence-electron chi connectivity index (χ3n) is 1.74. The molecule has 0 aliphatic rings. The average molecular weight is 329 g/mol. The molecule has 100 valence electrons. The molecule has 0 fully saturated rings. The van der Waals surface area contributed by atoms with Crippen molar-refractivity contribution in [1.29, 1.82) is 0 Å². The molecule has 0 spiro atoms. The van der Waals surface area contributed by atoms with Gasteiger partial charge in [-0.2, -0.15) is 13.2 Å². The Balaban J connectivity index is 2.53. The van der Waals surface area contributed by atoms with E-state index in [1.165, 1.54) is 18.2 Å². The molecule has 0 bridgehead atoms. The number of carboxylic acid groups (broad SMARTS) is 1. The zero-order valence-corrected chi connectivity index (χ0v) is 10.4. The van der Waals surface area contributed by atoms with Crippen molar-refractivity contribution in [3.8, 4) is 5.75 Å². The fourth-order valence-electron chi connectivity index (χ4n) is 1.03. The number of carbonyl (C=O) groups is 1. The third-order valence-corrected chi connectivity index (χ3v) is 2.43.